The number of rotatable bonds is 7. The summed E-state index contributed by atoms with van der Waals surface area (Å²) in [6, 6.07) is 3.37. The predicted octanol–water partition coefficient (Wildman–Crippen LogP) is 0.577. The first-order valence-corrected chi connectivity index (χ1v) is 6.61. The first kappa shape index (κ1) is 21.3. The number of esters is 3. The Morgan fingerprint density at radius 3 is 2.04 bits per heavy atom. The molecule has 0 fully saturated rings. The molecule has 0 aliphatic carbocycles. The van der Waals surface area contributed by atoms with Crippen molar-refractivity contribution in [3.8, 4) is 12.1 Å². The smallest absolute Gasteiger partial charge is 0.348 e. The number of hydrogen-bond donors (Lipinski definition) is 0. The van der Waals surface area contributed by atoms with Crippen LogP contribution in [0.2, 0.25) is 0 Å². The van der Waals surface area contributed by atoms with Gasteiger partial charge in [0, 0.05) is 0 Å². The molecule has 0 heterocycles. The summed E-state index contributed by atoms with van der Waals surface area (Å²) in [6.45, 7) is 0. The van der Waals surface area contributed by atoms with Gasteiger partial charge in [-0.3, -0.25) is 10.7 Å². The molecule has 9 nitrogen and oxygen atoms in total. The second kappa shape index (κ2) is 10.9. The number of nitriles is 2. The Labute approximate surface area is 143 Å². The molecular formula is C16H14N3O6-. The van der Waals surface area contributed by atoms with Crippen molar-refractivity contribution < 1.29 is 28.6 Å². The molecule has 0 spiro atoms. The Hall–Kier alpha value is -3.68. The molecule has 0 aromatic rings. The first-order valence-electron chi connectivity index (χ1n) is 6.61. The lowest BCUT2D eigenvalue weighted by Gasteiger charge is -2.11. The van der Waals surface area contributed by atoms with Crippen LogP contribution in [0.1, 0.15) is 6.42 Å². The largest absolute Gasteiger partial charge is 0.763 e. The fourth-order valence-electron chi connectivity index (χ4n) is 1.56. The summed E-state index contributed by atoms with van der Waals surface area (Å²) in [6.07, 6.45) is 1.50. The van der Waals surface area contributed by atoms with Gasteiger partial charge >= 0.3 is 17.9 Å². The molecule has 130 valence electrons. The van der Waals surface area contributed by atoms with Crippen molar-refractivity contribution in [2.75, 3.05) is 21.3 Å². The van der Waals surface area contributed by atoms with E-state index in [0.29, 0.717) is 0 Å². The van der Waals surface area contributed by atoms with E-state index < -0.39 is 41.4 Å². The third kappa shape index (κ3) is 6.53. The van der Waals surface area contributed by atoms with Crippen LogP contribution in [0.15, 0.2) is 28.9 Å². The van der Waals surface area contributed by atoms with E-state index in [1.165, 1.54) is 0 Å². The number of methoxy groups -OCH3 is 3. The van der Waals surface area contributed by atoms with E-state index in [0.717, 1.165) is 33.5 Å². The standard InChI is InChI=1S/C16H14N3O6/c1-23-14(20)6-11(7-17)10(4-12(8-18)15(21)24-2)5-13(9-19)16(22)25-3/h4-5,11H,6H2,1-3H3/q-1/b10-4-,13-5-. The van der Waals surface area contributed by atoms with Crippen molar-refractivity contribution in [2.24, 2.45) is 5.92 Å². The topological polar surface area (TPSA) is 149 Å². The van der Waals surface area contributed by atoms with Gasteiger partial charge in [0.25, 0.3) is 0 Å². The second-order valence-corrected chi connectivity index (χ2v) is 4.28. The molecule has 0 N–H and O–H groups in total. The summed E-state index contributed by atoms with van der Waals surface area (Å²) in [5.41, 5.74) is -1.07. The van der Waals surface area contributed by atoms with E-state index in [1.54, 1.807) is 18.0 Å². The van der Waals surface area contributed by atoms with Crippen LogP contribution in [0.25, 0.3) is 5.41 Å². The number of carbonyl (C=O) groups excluding carboxylic acids is 3. The minimum absolute atomic E-state index is 0.100. The van der Waals surface area contributed by atoms with Gasteiger partial charge in [-0.15, -0.1) is 0 Å². The highest BCUT2D eigenvalue weighted by Crippen LogP contribution is 2.21. The molecule has 0 saturated carbocycles. The van der Waals surface area contributed by atoms with Crippen LogP contribution < -0.4 is 0 Å². The lowest BCUT2D eigenvalue weighted by molar-refractivity contribution is -0.141. The third-order valence-electron chi connectivity index (χ3n) is 2.83. The highest BCUT2D eigenvalue weighted by molar-refractivity contribution is 6.02. The second-order valence-electron chi connectivity index (χ2n) is 4.28. The van der Waals surface area contributed by atoms with Crippen molar-refractivity contribution >= 4 is 23.8 Å². The third-order valence-corrected chi connectivity index (χ3v) is 2.83. The molecule has 1 atom stereocenters. The van der Waals surface area contributed by atoms with E-state index in [2.05, 4.69) is 14.2 Å². The van der Waals surface area contributed by atoms with Gasteiger partial charge < -0.3 is 19.6 Å². The number of allylic oxidation sites excluding steroid dienone is 2. The molecule has 0 rings (SSSR count). The summed E-state index contributed by atoms with van der Waals surface area (Å²) < 4.78 is 13.3. The highest BCUT2D eigenvalue weighted by atomic mass is 16.5. The Morgan fingerprint density at radius 2 is 1.64 bits per heavy atom. The van der Waals surface area contributed by atoms with E-state index in [9.17, 15) is 19.6 Å². The average Bonchev–Trinajstić information content (AvgIpc) is 2.65. The number of carbonyl (C=O) groups is 3. The quantitative estimate of drug-likeness (QED) is 0.162. The van der Waals surface area contributed by atoms with Gasteiger partial charge in [0.1, 0.15) is 11.6 Å². The van der Waals surface area contributed by atoms with Gasteiger partial charge in [-0.25, -0.2) is 9.59 Å². The SMILES string of the molecule is COC(=O)CC(C#N)C(/C=C(/C#N)C(=O)OC)=C\C(=C=[N-])C(=O)OC. The number of hydrogen-bond acceptors (Lipinski definition) is 8. The first-order chi connectivity index (χ1) is 11.9. The van der Waals surface area contributed by atoms with Crippen LogP contribution in [0.4, 0.5) is 0 Å². The molecule has 0 amide bonds. The van der Waals surface area contributed by atoms with E-state index in [4.69, 9.17) is 10.7 Å². The summed E-state index contributed by atoms with van der Waals surface area (Å²) in [7, 11) is 3.22. The lowest BCUT2D eigenvalue weighted by atomic mass is 9.93. The van der Waals surface area contributed by atoms with Crippen LogP contribution >= 0.6 is 0 Å². The summed E-state index contributed by atoms with van der Waals surface area (Å²) in [4.78, 5) is 34.5. The Morgan fingerprint density at radius 1 is 1.04 bits per heavy atom. The zero-order chi connectivity index (χ0) is 19.4. The molecule has 0 saturated heterocycles. The Kier molecular flexibility index (Phi) is 9.34. The summed E-state index contributed by atoms with van der Waals surface area (Å²) in [5, 5.41) is 27.3. The molecule has 0 radical (unpaired) electrons. The minimum Gasteiger partial charge on any atom is -0.763 e. The van der Waals surface area contributed by atoms with Gasteiger partial charge in [-0.1, -0.05) is 0 Å². The van der Waals surface area contributed by atoms with Gasteiger partial charge in [0.2, 0.25) is 0 Å². The average molecular weight is 344 g/mol. The van der Waals surface area contributed by atoms with Gasteiger partial charge in [-0.05, 0) is 17.7 Å². The fourth-order valence-corrected chi connectivity index (χ4v) is 1.56. The fraction of sp³-hybridized carbons (Fsp3) is 0.312. The van der Waals surface area contributed by atoms with Crippen molar-refractivity contribution in [3.63, 3.8) is 0 Å². The van der Waals surface area contributed by atoms with E-state index in [1.807, 2.05) is 0 Å². The van der Waals surface area contributed by atoms with Crippen molar-refractivity contribution in [3.05, 3.63) is 34.3 Å². The summed E-state index contributed by atoms with van der Waals surface area (Å²) >= 11 is 0. The number of nitrogens with zero attached hydrogens (tertiary/aromatic N) is 3. The molecule has 1 unspecified atom stereocenters. The van der Waals surface area contributed by atoms with Crippen LogP contribution in [0, 0.1) is 28.6 Å². The maximum Gasteiger partial charge on any atom is 0.348 e. The molecule has 9 heteroatoms. The zero-order valence-electron chi connectivity index (χ0n) is 13.7. The summed E-state index contributed by atoms with van der Waals surface area (Å²) in [5.74, 6) is -2.32. The molecule has 0 aromatic heterocycles. The Bertz CT molecular complexity index is 745. The molecule has 25 heavy (non-hydrogen) atoms. The normalized spacial score (nSPS) is 11.9. The van der Waals surface area contributed by atoms with Gasteiger partial charge in [0.05, 0.1) is 45.3 Å². The maximum atomic E-state index is 11.5. The van der Waals surface area contributed by atoms with E-state index in [-0.39, 0.29) is 5.57 Å². The number of ether oxygens (including phenoxy) is 3. The van der Waals surface area contributed by atoms with Crippen LogP contribution in [0.5, 0.6) is 0 Å². The van der Waals surface area contributed by atoms with Gasteiger partial charge in [-0.2, -0.15) is 10.5 Å². The van der Waals surface area contributed by atoms with Crippen LogP contribution in [0.3, 0.4) is 0 Å². The van der Waals surface area contributed by atoms with Crippen molar-refractivity contribution in [1.29, 1.82) is 10.5 Å². The molecule has 0 bridgehead atoms. The minimum atomic E-state index is -1.19. The van der Waals surface area contributed by atoms with E-state index >= 15 is 0 Å². The maximum absolute atomic E-state index is 11.5. The monoisotopic (exact) mass is 344 g/mol. The Balaban J connectivity index is 6.27. The predicted molar refractivity (Wildman–Crippen MR) is 83.4 cm³/mol. The molecular weight excluding hydrogens is 330 g/mol. The van der Waals surface area contributed by atoms with Crippen LogP contribution in [-0.4, -0.2) is 45.1 Å². The highest BCUT2D eigenvalue weighted by Gasteiger charge is 2.21. The van der Waals surface area contributed by atoms with Crippen LogP contribution in [-0.2, 0) is 28.6 Å². The van der Waals surface area contributed by atoms with Crippen molar-refractivity contribution in [1.82, 2.24) is 0 Å². The molecule has 0 aromatic carbocycles. The van der Waals surface area contributed by atoms with Gasteiger partial charge in [0.15, 0.2) is 0 Å². The zero-order valence-corrected chi connectivity index (χ0v) is 13.7. The molecule has 0 aliphatic rings. The van der Waals surface area contributed by atoms with Crippen molar-refractivity contribution in [2.45, 2.75) is 6.42 Å². The lowest BCUT2D eigenvalue weighted by Crippen LogP contribution is -2.13. The molecule has 0 aliphatic heterocycles.